The molecule has 3 aromatic carbocycles. The van der Waals surface area contributed by atoms with E-state index in [1.165, 1.54) is 25.3 Å². The van der Waals surface area contributed by atoms with E-state index in [0.29, 0.717) is 38.1 Å². The van der Waals surface area contributed by atoms with Gasteiger partial charge in [0.25, 0.3) is 11.8 Å². The number of methoxy groups -OCH3 is 1. The molecule has 0 spiro atoms. The number of ether oxygens (including phenoxy) is 4. The molecule has 0 atom stereocenters. The van der Waals surface area contributed by atoms with E-state index in [2.05, 4.69) is 21.2 Å². The molecule has 188 valence electrons. The van der Waals surface area contributed by atoms with Crippen molar-refractivity contribution in [1.82, 2.24) is 5.32 Å². The lowest BCUT2D eigenvalue weighted by atomic mass is 10.1. The quantitative estimate of drug-likeness (QED) is 0.318. The minimum atomic E-state index is -0.867. The fourth-order valence-corrected chi connectivity index (χ4v) is 4.31. The van der Waals surface area contributed by atoms with Gasteiger partial charge in [-0.3, -0.25) is 14.9 Å². The Kier molecular flexibility index (Phi) is 6.77. The van der Waals surface area contributed by atoms with Crippen molar-refractivity contribution in [2.75, 3.05) is 18.8 Å². The Bertz CT molecular complexity index is 1460. The second-order valence-electron chi connectivity index (χ2n) is 7.94. The summed E-state index contributed by atoms with van der Waals surface area (Å²) in [6.45, 7) is 0.311. The minimum absolute atomic E-state index is 0.0395. The molecule has 1 fully saturated rings. The number of carbonyl (C=O) groups is 3. The predicted molar refractivity (Wildman–Crippen MR) is 138 cm³/mol. The number of rotatable bonds is 6. The predicted octanol–water partition coefficient (Wildman–Crippen LogP) is 5.09. The summed E-state index contributed by atoms with van der Waals surface area (Å²) in [5.74, 6) is 0.110. The van der Waals surface area contributed by atoms with Gasteiger partial charge in [-0.1, -0.05) is 39.7 Å². The third kappa shape index (κ3) is 4.98. The number of anilines is 1. The van der Waals surface area contributed by atoms with Crippen LogP contribution in [0.25, 0.3) is 6.08 Å². The van der Waals surface area contributed by atoms with Crippen LogP contribution in [0.4, 0.5) is 10.5 Å². The number of halogens is 2. The van der Waals surface area contributed by atoms with E-state index in [1.54, 1.807) is 30.3 Å². The Labute approximate surface area is 224 Å². The zero-order valence-electron chi connectivity index (χ0n) is 19.2. The Morgan fingerprint density at radius 1 is 1.03 bits per heavy atom. The van der Waals surface area contributed by atoms with Crippen molar-refractivity contribution in [2.24, 2.45) is 0 Å². The second kappa shape index (κ2) is 10.2. The van der Waals surface area contributed by atoms with Gasteiger partial charge in [-0.2, -0.15) is 0 Å². The third-order valence-corrected chi connectivity index (χ3v) is 6.55. The number of fused-ring (bicyclic) bond motifs is 1. The summed E-state index contributed by atoms with van der Waals surface area (Å²) in [5, 5.41) is 2.83. The largest absolute Gasteiger partial charge is 0.493 e. The van der Waals surface area contributed by atoms with E-state index < -0.39 is 17.8 Å². The van der Waals surface area contributed by atoms with Gasteiger partial charge in [0.2, 0.25) is 6.79 Å². The number of hydrogen-bond acceptors (Lipinski definition) is 7. The first-order valence-electron chi connectivity index (χ1n) is 10.9. The first kappa shape index (κ1) is 24.7. The molecule has 0 saturated carbocycles. The number of hydrogen-bond donors (Lipinski definition) is 1. The number of benzene rings is 3. The number of carbonyl (C=O) groups excluding carboxylic acids is 3. The molecule has 4 amide bonds. The first-order chi connectivity index (χ1) is 17.8. The summed E-state index contributed by atoms with van der Waals surface area (Å²) >= 11 is 9.40. The highest BCUT2D eigenvalue weighted by molar-refractivity contribution is 9.10. The molecule has 0 bridgehead atoms. The van der Waals surface area contributed by atoms with E-state index in [9.17, 15) is 14.4 Å². The van der Waals surface area contributed by atoms with Crippen molar-refractivity contribution >= 4 is 57.1 Å². The van der Waals surface area contributed by atoms with Gasteiger partial charge in [0.15, 0.2) is 23.0 Å². The molecule has 9 nitrogen and oxygen atoms in total. The summed E-state index contributed by atoms with van der Waals surface area (Å²) in [7, 11) is 1.48. The fraction of sp³-hybridized carbons (Fsp3) is 0.115. The molecule has 1 N–H and O–H groups in total. The van der Waals surface area contributed by atoms with Gasteiger partial charge in [0, 0.05) is 15.6 Å². The van der Waals surface area contributed by atoms with Crippen LogP contribution in [0.2, 0.25) is 5.02 Å². The topological polar surface area (TPSA) is 103 Å². The van der Waals surface area contributed by atoms with Gasteiger partial charge in [-0.15, -0.1) is 0 Å². The van der Waals surface area contributed by atoms with Gasteiger partial charge in [0.05, 0.1) is 12.8 Å². The second-order valence-corrected chi connectivity index (χ2v) is 9.23. The summed E-state index contributed by atoms with van der Waals surface area (Å²) in [4.78, 5) is 39.3. The summed E-state index contributed by atoms with van der Waals surface area (Å²) in [5.41, 5.74) is 1.36. The van der Waals surface area contributed by atoms with Crippen molar-refractivity contribution < 1.29 is 33.3 Å². The Morgan fingerprint density at radius 3 is 2.54 bits per heavy atom. The van der Waals surface area contributed by atoms with Gasteiger partial charge in [-0.25, -0.2) is 9.69 Å². The molecule has 2 aliphatic rings. The fourth-order valence-electron chi connectivity index (χ4n) is 3.75. The highest BCUT2D eigenvalue weighted by Gasteiger charge is 2.37. The molecule has 2 heterocycles. The Morgan fingerprint density at radius 2 is 1.78 bits per heavy atom. The lowest BCUT2D eigenvalue weighted by Gasteiger charge is -2.26. The minimum Gasteiger partial charge on any atom is -0.493 e. The van der Waals surface area contributed by atoms with Crippen molar-refractivity contribution in [2.45, 2.75) is 6.61 Å². The molecule has 2 aliphatic heterocycles. The zero-order valence-corrected chi connectivity index (χ0v) is 21.6. The van der Waals surface area contributed by atoms with Crippen LogP contribution < -0.4 is 29.2 Å². The van der Waals surface area contributed by atoms with Crippen LogP contribution in [-0.4, -0.2) is 31.7 Å². The molecule has 0 radical (unpaired) electrons. The molecule has 0 unspecified atom stereocenters. The van der Waals surface area contributed by atoms with Crippen LogP contribution in [-0.2, 0) is 16.2 Å². The van der Waals surface area contributed by atoms with Gasteiger partial charge < -0.3 is 18.9 Å². The monoisotopic (exact) mass is 584 g/mol. The number of barbiturate groups is 1. The number of nitrogens with zero attached hydrogens (tertiary/aromatic N) is 1. The standard InChI is InChI=1S/C26H18BrClN2O7/c1-34-21-9-15(19(27)11-23(21)35-12-14-2-4-16(28)5-3-14)8-18-24(31)29-26(33)30(25(18)32)17-6-7-20-22(10-17)37-13-36-20/h2-11H,12-13H2,1H3,(H,29,31,33)/b18-8+. The first-order valence-corrected chi connectivity index (χ1v) is 12.1. The number of amides is 4. The van der Waals surface area contributed by atoms with Crippen LogP contribution >= 0.6 is 27.5 Å². The Balaban J connectivity index is 1.43. The van der Waals surface area contributed by atoms with Gasteiger partial charge in [0.1, 0.15) is 12.2 Å². The van der Waals surface area contributed by atoms with Crippen LogP contribution in [0.15, 0.2) is 64.6 Å². The maximum absolute atomic E-state index is 13.3. The van der Waals surface area contributed by atoms with Gasteiger partial charge >= 0.3 is 6.03 Å². The SMILES string of the molecule is COc1cc(/C=C2\C(=O)NC(=O)N(c3ccc4c(c3)OCO4)C2=O)c(Br)cc1OCc1ccc(Cl)cc1. The lowest BCUT2D eigenvalue weighted by molar-refractivity contribution is -0.122. The summed E-state index contributed by atoms with van der Waals surface area (Å²) < 4.78 is 22.5. The normalized spacial score (nSPS) is 15.7. The number of urea groups is 1. The summed E-state index contributed by atoms with van der Waals surface area (Å²) in [6.07, 6.45) is 1.37. The van der Waals surface area contributed by atoms with Crippen LogP contribution in [0.1, 0.15) is 11.1 Å². The van der Waals surface area contributed by atoms with Crippen molar-refractivity contribution in [3.8, 4) is 23.0 Å². The molecule has 0 aliphatic carbocycles. The highest BCUT2D eigenvalue weighted by Crippen LogP contribution is 2.38. The highest BCUT2D eigenvalue weighted by atomic mass is 79.9. The van der Waals surface area contributed by atoms with Crippen LogP contribution in [0, 0.1) is 0 Å². The van der Waals surface area contributed by atoms with Crippen LogP contribution in [0.5, 0.6) is 23.0 Å². The van der Waals surface area contributed by atoms with Crippen molar-refractivity contribution in [1.29, 1.82) is 0 Å². The average Bonchev–Trinajstić information content (AvgIpc) is 3.35. The van der Waals surface area contributed by atoms with E-state index in [4.69, 9.17) is 30.5 Å². The van der Waals surface area contributed by atoms with E-state index in [0.717, 1.165) is 10.5 Å². The number of imide groups is 2. The lowest BCUT2D eigenvalue weighted by Crippen LogP contribution is -2.54. The maximum atomic E-state index is 13.3. The van der Waals surface area contributed by atoms with Gasteiger partial charge in [-0.05, 0) is 53.6 Å². The van der Waals surface area contributed by atoms with Crippen molar-refractivity contribution in [3.05, 3.63) is 80.8 Å². The number of nitrogens with one attached hydrogen (secondary N) is 1. The maximum Gasteiger partial charge on any atom is 0.335 e. The molecule has 5 rings (SSSR count). The smallest absolute Gasteiger partial charge is 0.335 e. The van der Waals surface area contributed by atoms with Crippen molar-refractivity contribution in [3.63, 3.8) is 0 Å². The third-order valence-electron chi connectivity index (χ3n) is 5.61. The van der Waals surface area contributed by atoms with E-state index in [-0.39, 0.29) is 24.7 Å². The molecule has 3 aromatic rings. The molecular weight excluding hydrogens is 568 g/mol. The van der Waals surface area contributed by atoms with E-state index in [1.807, 2.05) is 12.1 Å². The molecule has 1 saturated heterocycles. The zero-order chi connectivity index (χ0) is 26.1. The summed E-state index contributed by atoms with van der Waals surface area (Å²) in [6, 6.07) is 14.3. The molecule has 11 heteroatoms. The Hall–Kier alpha value is -4.02. The average molecular weight is 586 g/mol. The van der Waals surface area contributed by atoms with E-state index >= 15 is 0 Å². The molecule has 37 heavy (non-hydrogen) atoms. The molecular formula is C26H18BrClN2O7. The molecule has 0 aromatic heterocycles. The van der Waals surface area contributed by atoms with Crippen LogP contribution in [0.3, 0.4) is 0 Å².